The van der Waals surface area contributed by atoms with Gasteiger partial charge in [0, 0.05) is 0 Å². The molecule has 0 spiro atoms. The van der Waals surface area contributed by atoms with Gasteiger partial charge in [0.05, 0.1) is 0 Å². The molecule has 0 bridgehead atoms. The molecule has 1 aromatic rings. The monoisotopic (exact) mass is 566 g/mol. The van der Waals surface area contributed by atoms with Crippen LogP contribution in [0.15, 0.2) is 28.7 Å². The number of nitrogens with two attached hydrogens (primary N) is 1. The number of unbranched alkanes of at least 4 members (excludes halogenated alkanes) is 1. The number of ether oxygens (including phenoxy) is 1. The molecule has 11 heteroatoms. The Balaban J connectivity index is 1.94. The number of anilines is 1. The standard InChI is InChI=1S/C30H43BN4O6/c1-8-9-10-35(6)14-16-13-19(36)21-17(23(16)33(2)3)11-15-12-18-24(34(4)5)26(38)22(29(32)39)27(31)30(18,40)28(41-7)20(15)25(21)37/h13,15,18,24,31,36,38,40H,8-12,14H2,1-7H3,(H2,32,39)/t15-,18-,24-,30+/m0/s1. The zero-order valence-electron chi connectivity index (χ0n) is 25.2. The van der Waals surface area contributed by atoms with Crippen molar-refractivity contribution in [3.8, 4) is 5.75 Å². The first-order valence-corrected chi connectivity index (χ1v) is 14.1. The fourth-order valence-electron chi connectivity index (χ4n) is 7.26. The van der Waals surface area contributed by atoms with E-state index in [1.165, 1.54) is 7.11 Å². The first kappa shape index (κ1) is 30.8. The summed E-state index contributed by atoms with van der Waals surface area (Å²) in [5.74, 6) is -2.82. The van der Waals surface area contributed by atoms with Crippen LogP contribution in [-0.2, 0) is 22.5 Å². The molecule has 0 heterocycles. The van der Waals surface area contributed by atoms with Gasteiger partial charge in [-0.05, 0) is 6.42 Å². The van der Waals surface area contributed by atoms with Crippen molar-refractivity contribution in [1.82, 2.24) is 9.80 Å². The number of fused-ring (bicyclic) bond motifs is 3. The van der Waals surface area contributed by atoms with Crippen LogP contribution >= 0.6 is 0 Å². The summed E-state index contributed by atoms with van der Waals surface area (Å²) in [6, 6.07) is 0.881. The number of hydrogen-bond donors (Lipinski definition) is 4. The van der Waals surface area contributed by atoms with Gasteiger partial charge in [-0.15, -0.1) is 0 Å². The number of nitrogens with zero attached hydrogens (tertiary/aromatic N) is 3. The average molecular weight is 567 g/mol. The molecule has 222 valence electrons. The van der Waals surface area contributed by atoms with Crippen LogP contribution in [0.5, 0.6) is 5.75 Å². The molecule has 1 amide bonds. The van der Waals surface area contributed by atoms with Crippen molar-refractivity contribution in [3.05, 3.63) is 45.4 Å². The van der Waals surface area contributed by atoms with Crippen LogP contribution in [0.2, 0.25) is 0 Å². The average Bonchev–Trinajstić information content (AvgIpc) is 2.87. The number of benzene rings is 1. The molecule has 41 heavy (non-hydrogen) atoms. The summed E-state index contributed by atoms with van der Waals surface area (Å²) in [6.45, 7) is 3.67. The predicted molar refractivity (Wildman–Crippen MR) is 161 cm³/mol. The van der Waals surface area contributed by atoms with Crippen molar-refractivity contribution in [3.63, 3.8) is 0 Å². The van der Waals surface area contributed by atoms with Crippen molar-refractivity contribution in [2.45, 2.75) is 50.8 Å². The number of aromatic hydroxyl groups is 1. The van der Waals surface area contributed by atoms with Crippen molar-refractivity contribution in [1.29, 1.82) is 0 Å². The summed E-state index contributed by atoms with van der Waals surface area (Å²) in [5, 5.41) is 34.8. The third-order valence-corrected chi connectivity index (χ3v) is 8.92. The van der Waals surface area contributed by atoms with E-state index in [4.69, 9.17) is 10.5 Å². The van der Waals surface area contributed by atoms with Gasteiger partial charge >= 0.3 is 223 Å². The van der Waals surface area contributed by atoms with Crippen molar-refractivity contribution in [2.75, 3.05) is 53.8 Å². The van der Waals surface area contributed by atoms with Gasteiger partial charge in [0.2, 0.25) is 0 Å². The summed E-state index contributed by atoms with van der Waals surface area (Å²) in [7, 11) is 14.7. The molecule has 3 aliphatic carbocycles. The van der Waals surface area contributed by atoms with E-state index in [0.29, 0.717) is 19.4 Å². The summed E-state index contributed by atoms with van der Waals surface area (Å²) >= 11 is 0. The molecule has 5 N–H and O–H groups in total. The Kier molecular flexibility index (Phi) is 8.46. The van der Waals surface area contributed by atoms with E-state index < -0.39 is 29.3 Å². The van der Waals surface area contributed by atoms with Crippen molar-refractivity contribution >= 4 is 30.3 Å². The van der Waals surface area contributed by atoms with Crippen LogP contribution in [0.3, 0.4) is 0 Å². The minimum absolute atomic E-state index is 0.0216. The van der Waals surface area contributed by atoms with Crippen molar-refractivity contribution < 1.29 is 29.6 Å². The van der Waals surface area contributed by atoms with E-state index in [1.807, 2.05) is 26.0 Å². The third-order valence-electron chi connectivity index (χ3n) is 8.92. The van der Waals surface area contributed by atoms with Crippen LogP contribution in [0, 0.1) is 11.8 Å². The SMILES string of the molecule is B=C1C(C(N)=O)=C(O)[C@@H](N(C)C)[C@@H]2C[C@@H]3Cc4c(c(O)cc(CN(C)CCCC)c4N(C)C)C(=O)C3=C(OC)[C@]12O. The predicted octanol–water partition coefficient (Wildman–Crippen LogP) is 1.01. The number of ketones is 1. The quantitative estimate of drug-likeness (QED) is 0.323. The van der Waals surface area contributed by atoms with Crippen LogP contribution in [0.4, 0.5) is 5.69 Å². The Hall–Kier alpha value is -3.15. The number of allylic oxidation sites excluding steroid dienone is 1. The number of amides is 1. The number of phenolic OH excluding ortho intramolecular Hbond substituents is 1. The molecule has 4 rings (SSSR count). The molecule has 0 unspecified atom stereocenters. The second kappa shape index (κ2) is 11.3. The number of Topliss-reactive ketones (excluding diaryl/α,β-unsaturated/α-hetero) is 1. The molecule has 10 nitrogen and oxygen atoms in total. The first-order valence-electron chi connectivity index (χ1n) is 14.1. The molecule has 0 aliphatic heterocycles. The Morgan fingerprint density at radius 3 is 2.41 bits per heavy atom. The number of carbonyl (C=O) groups is 2. The fraction of sp³-hybridized carbons (Fsp3) is 0.567. The molecule has 0 fully saturated rings. The molecular weight excluding hydrogens is 523 g/mol. The van der Waals surface area contributed by atoms with E-state index in [1.54, 1.807) is 25.1 Å². The van der Waals surface area contributed by atoms with Gasteiger partial charge in [0.1, 0.15) is 0 Å². The molecule has 0 saturated carbocycles. The van der Waals surface area contributed by atoms with Crippen LogP contribution in [-0.4, -0.2) is 110 Å². The number of carbonyl (C=O) groups excluding carboxylic acids is 2. The topological polar surface area (TPSA) is 140 Å². The second-order valence-electron chi connectivity index (χ2n) is 12.0. The van der Waals surface area contributed by atoms with E-state index in [9.17, 15) is 24.9 Å². The second-order valence-corrected chi connectivity index (χ2v) is 12.0. The number of hydrogen-bond acceptors (Lipinski definition) is 9. The van der Waals surface area contributed by atoms with Gasteiger partial charge in [0.25, 0.3) is 0 Å². The number of rotatable bonds is 9. The Morgan fingerprint density at radius 2 is 1.88 bits per heavy atom. The van der Waals surface area contributed by atoms with Crippen LogP contribution in [0.1, 0.15) is 47.7 Å². The summed E-state index contributed by atoms with van der Waals surface area (Å²) in [5.41, 5.74) is 6.29. The fourth-order valence-corrected chi connectivity index (χ4v) is 7.26. The van der Waals surface area contributed by atoms with E-state index in [0.717, 1.165) is 36.2 Å². The molecule has 4 atom stereocenters. The summed E-state index contributed by atoms with van der Waals surface area (Å²) in [6.07, 6.45) is 2.85. The molecule has 1 aromatic carbocycles. The van der Waals surface area contributed by atoms with E-state index in [-0.39, 0.29) is 45.4 Å². The van der Waals surface area contributed by atoms with Gasteiger partial charge in [0.15, 0.2) is 0 Å². The Bertz CT molecular complexity index is 1350. The van der Waals surface area contributed by atoms with Gasteiger partial charge < -0.3 is 0 Å². The number of phenols is 1. The maximum absolute atomic E-state index is 14.3. The zero-order valence-corrected chi connectivity index (χ0v) is 25.2. The minimum atomic E-state index is -1.97. The number of methoxy groups -OCH3 is 1. The third kappa shape index (κ3) is 4.77. The van der Waals surface area contributed by atoms with E-state index in [2.05, 4.69) is 19.3 Å². The van der Waals surface area contributed by atoms with Gasteiger partial charge in [-0.3, -0.25) is 0 Å². The van der Waals surface area contributed by atoms with Gasteiger partial charge in [-0.2, -0.15) is 0 Å². The molecular formula is C30H43BN4O6. The molecule has 0 saturated heterocycles. The normalized spacial score (nSPS) is 25.8. The Morgan fingerprint density at radius 1 is 1.22 bits per heavy atom. The number of aliphatic hydroxyl groups excluding tert-OH is 1. The summed E-state index contributed by atoms with van der Waals surface area (Å²) < 4.78 is 5.79. The van der Waals surface area contributed by atoms with Crippen LogP contribution in [0.25, 0.3) is 0 Å². The zero-order chi connectivity index (χ0) is 30.5. The first-order chi connectivity index (χ1) is 19.2. The molecule has 0 radical (unpaired) electrons. The summed E-state index contributed by atoms with van der Waals surface area (Å²) in [4.78, 5) is 32.6. The van der Waals surface area contributed by atoms with Gasteiger partial charge in [-0.1, -0.05) is 13.3 Å². The number of primary amides is 1. The number of likely N-dealkylation sites (N-methyl/N-ethyl adjacent to an activating group) is 1. The molecule has 3 aliphatic rings. The number of aliphatic hydroxyl groups is 2. The van der Waals surface area contributed by atoms with Crippen molar-refractivity contribution in [2.24, 2.45) is 17.6 Å². The Labute approximate surface area is 243 Å². The maximum atomic E-state index is 14.3. The van der Waals surface area contributed by atoms with E-state index >= 15 is 0 Å². The van der Waals surface area contributed by atoms with Crippen LogP contribution < -0.4 is 10.6 Å². The van der Waals surface area contributed by atoms with Gasteiger partial charge in [-0.25, -0.2) is 0 Å². The molecule has 0 aromatic heterocycles.